The molecule has 0 aliphatic carbocycles. The third-order valence-corrected chi connectivity index (χ3v) is 2.92. The van der Waals surface area contributed by atoms with Gasteiger partial charge in [-0.1, -0.05) is 18.2 Å². The Morgan fingerprint density at radius 1 is 1.14 bits per heavy atom. The highest BCUT2D eigenvalue weighted by Crippen LogP contribution is 2.22. The molecule has 2 aromatic carbocycles. The quantitative estimate of drug-likeness (QED) is 0.788. The topological polar surface area (TPSA) is 95.9 Å². The number of aromatic carboxylic acids is 1. The fraction of sp³-hybridized carbons (Fsp3) is 0.125. The fourth-order valence-corrected chi connectivity index (χ4v) is 1.81. The summed E-state index contributed by atoms with van der Waals surface area (Å²) in [5.41, 5.74) is -0.0981. The van der Waals surface area contributed by atoms with Gasteiger partial charge < -0.3 is 20.3 Å². The number of para-hydroxylation sites is 1. The van der Waals surface area contributed by atoms with Crippen LogP contribution in [0.5, 0.6) is 11.5 Å². The molecule has 0 bridgehead atoms. The molecule has 0 aromatic heterocycles. The van der Waals surface area contributed by atoms with Crippen LogP contribution in [0.25, 0.3) is 0 Å². The highest BCUT2D eigenvalue weighted by atomic mass is 16.5. The molecule has 2 aromatic rings. The Kier molecular flexibility index (Phi) is 4.63. The predicted octanol–water partition coefficient (Wildman–Crippen LogP) is 2.50. The second-order valence-corrected chi connectivity index (χ2v) is 4.60. The first-order chi connectivity index (χ1) is 10.5. The number of carboxylic acid groups (broad SMARTS) is 1. The Hall–Kier alpha value is -3.02. The number of carbonyl (C=O) groups excluding carboxylic acids is 1. The minimum atomic E-state index is -1.20. The number of rotatable bonds is 5. The molecular formula is C16H15NO5. The average molecular weight is 301 g/mol. The van der Waals surface area contributed by atoms with Gasteiger partial charge in [0.2, 0.25) is 0 Å². The number of ether oxygens (including phenoxy) is 1. The molecule has 0 aliphatic rings. The van der Waals surface area contributed by atoms with Crippen LogP contribution in [-0.4, -0.2) is 28.2 Å². The number of amides is 1. The van der Waals surface area contributed by atoms with E-state index in [0.29, 0.717) is 5.75 Å². The Labute approximate surface area is 127 Å². The van der Waals surface area contributed by atoms with E-state index in [9.17, 15) is 14.7 Å². The van der Waals surface area contributed by atoms with Crippen molar-refractivity contribution in [2.24, 2.45) is 0 Å². The zero-order valence-corrected chi connectivity index (χ0v) is 11.8. The molecule has 0 fully saturated rings. The Bertz CT molecular complexity index is 684. The average Bonchev–Trinajstić information content (AvgIpc) is 2.48. The van der Waals surface area contributed by atoms with Crippen LogP contribution < -0.4 is 10.1 Å². The molecule has 1 atom stereocenters. The lowest BCUT2D eigenvalue weighted by Gasteiger charge is -2.15. The van der Waals surface area contributed by atoms with Crippen LogP contribution in [0.3, 0.4) is 0 Å². The SMILES string of the molecule is C[C@H](Oc1ccccc1)C(=O)Nc1cc(O)ccc1C(=O)O. The van der Waals surface area contributed by atoms with Gasteiger partial charge in [0.05, 0.1) is 11.3 Å². The molecule has 0 heterocycles. The summed E-state index contributed by atoms with van der Waals surface area (Å²) in [5, 5.41) is 21.0. The molecule has 0 radical (unpaired) electrons. The molecule has 0 saturated heterocycles. The number of aromatic hydroxyl groups is 1. The van der Waals surface area contributed by atoms with Crippen molar-refractivity contribution in [3.05, 3.63) is 54.1 Å². The van der Waals surface area contributed by atoms with Crippen LogP contribution in [0.1, 0.15) is 17.3 Å². The second-order valence-electron chi connectivity index (χ2n) is 4.60. The maximum Gasteiger partial charge on any atom is 0.337 e. The summed E-state index contributed by atoms with van der Waals surface area (Å²) in [5.74, 6) is -1.33. The highest BCUT2D eigenvalue weighted by Gasteiger charge is 2.18. The summed E-state index contributed by atoms with van der Waals surface area (Å²) in [4.78, 5) is 23.2. The van der Waals surface area contributed by atoms with Gasteiger partial charge in [-0.05, 0) is 31.2 Å². The van der Waals surface area contributed by atoms with E-state index >= 15 is 0 Å². The summed E-state index contributed by atoms with van der Waals surface area (Å²) in [7, 11) is 0. The molecule has 0 aliphatic heterocycles. The fourth-order valence-electron chi connectivity index (χ4n) is 1.81. The third kappa shape index (κ3) is 3.76. The van der Waals surface area contributed by atoms with Gasteiger partial charge in [-0.25, -0.2) is 4.79 Å². The van der Waals surface area contributed by atoms with E-state index in [-0.39, 0.29) is 17.0 Å². The van der Waals surface area contributed by atoms with Crippen LogP contribution in [-0.2, 0) is 4.79 Å². The van der Waals surface area contributed by atoms with Crippen LogP contribution in [0.4, 0.5) is 5.69 Å². The van der Waals surface area contributed by atoms with Gasteiger partial charge in [0, 0.05) is 6.07 Å². The van der Waals surface area contributed by atoms with E-state index in [1.54, 1.807) is 31.2 Å². The van der Waals surface area contributed by atoms with Crippen LogP contribution >= 0.6 is 0 Å². The van der Waals surface area contributed by atoms with Gasteiger partial charge >= 0.3 is 5.97 Å². The van der Waals surface area contributed by atoms with Crippen molar-refractivity contribution < 1.29 is 24.5 Å². The van der Waals surface area contributed by atoms with E-state index in [1.807, 2.05) is 6.07 Å². The van der Waals surface area contributed by atoms with Crippen LogP contribution in [0.15, 0.2) is 48.5 Å². The summed E-state index contributed by atoms with van der Waals surface area (Å²) < 4.78 is 5.46. The molecule has 0 unspecified atom stereocenters. The number of phenolic OH excluding ortho intramolecular Hbond substituents is 1. The number of phenols is 1. The van der Waals surface area contributed by atoms with Crippen LogP contribution in [0.2, 0.25) is 0 Å². The monoisotopic (exact) mass is 301 g/mol. The van der Waals surface area contributed by atoms with E-state index in [1.165, 1.54) is 18.2 Å². The number of carboxylic acids is 1. The van der Waals surface area contributed by atoms with Crippen molar-refractivity contribution in [1.82, 2.24) is 0 Å². The lowest BCUT2D eigenvalue weighted by atomic mass is 10.1. The number of nitrogens with one attached hydrogen (secondary N) is 1. The number of anilines is 1. The highest BCUT2D eigenvalue weighted by molar-refractivity contribution is 6.02. The Morgan fingerprint density at radius 2 is 1.82 bits per heavy atom. The molecule has 22 heavy (non-hydrogen) atoms. The first-order valence-electron chi connectivity index (χ1n) is 6.56. The molecule has 114 valence electrons. The summed E-state index contributed by atoms with van der Waals surface area (Å²) in [6.07, 6.45) is -0.827. The Morgan fingerprint density at radius 3 is 2.45 bits per heavy atom. The summed E-state index contributed by atoms with van der Waals surface area (Å²) in [6.45, 7) is 1.55. The molecular weight excluding hydrogens is 286 g/mol. The zero-order valence-electron chi connectivity index (χ0n) is 11.8. The van der Waals surface area contributed by atoms with Crippen molar-refractivity contribution >= 4 is 17.6 Å². The number of benzene rings is 2. The number of hydrogen-bond acceptors (Lipinski definition) is 4. The molecule has 3 N–H and O–H groups in total. The van der Waals surface area contributed by atoms with Crippen molar-refractivity contribution in [3.8, 4) is 11.5 Å². The van der Waals surface area contributed by atoms with E-state index in [4.69, 9.17) is 9.84 Å². The molecule has 6 heteroatoms. The van der Waals surface area contributed by atoms with Gasteiger partial charge in [0.1, 0.15) is 11.5 Å². The van der Waals surface area contributed by atoms with Crippen molar-refractivity contribution in [3.63, 3.8) is 0 Å². The largest absolute Gasteiger partial charge is 0.508 e. The Balaban J connectivity index is 2.11. The van der Waals surface area contributed by atoms with Crippen molar-refractivity contribution in [2.45, 2.75) is 13.0 Å². The molecule has 0 spiro atoms. The van der Waals surface area contributed by atoms with Crippen LogP contribution in [0, 0.1) is 0 Å². The zero-order chi connectivity index (χ0) is 16.1. The van der Waals surface area contributed by atoms with E-state index in [0.717, 1.165) is 0 Å². The maximum absolute atomic E-state index is 12.1. The van der Waals surface area contributed by atoms with E-state index in [2.05, 4.69) is 5.32 Å². The molecule has 6 nitrogen and oxygen atoms in total. The third-order valence-electron chi connectivity index (χ3n) is 2.92. The number of carbonyl (C=O) groups is 2. The van der Waals surface area contributed by atoms with Gasteiger partial charge in [0.15, 0.2) is 6.10 Å². The molecule has 2 rings (SSSR count). The van der Waals surface area contributed by atoms with Crippen molar-refractivity contribution in [2.75, 3.05) is 5.32 Å². The molecule has 1 amide bonds. The minimum Gasteiger partial charge on any atom is -0.508 e. The predicted molar refractivity (Wildman–Crippen MR) is 80.2 cm³/mol. The lowest BCUT2D eigenvalue weighted by molar-refractivity contribution is -0.122. The summed E-state index contributed by atoms with van der Waals surface area (Å²) >= 11 is 0. The maximum atomic E-state index is 12.1. The summed E-state index contributed by atoms with van der Waals surface area (Å²) in [6, 6.07) is 12.4. The lowest BCUT2D eigenvalue weighted by Crippen LogP contribution is -2.30. The van der Waals surface area contributed by atoms with E-state index < -0.39 is 18.0 Å². The standard InChI is InChI=1S/C16H15NO5/c1-10(22-12-5-3-2-4-6-12)15(19)17-14-9-11(18)7-8-13(14)16(20)21/h2-10,18H,1H3,(H,17,19)(H,20,21)/t10-/m0/s1. The normalized spacial score (nSPS) is 11.5. The van der Waals surface area contributed by atoms with Gasteiger partial charge in [-0.3, -0.25) is 4.79 Å². The van der Waals surface area contributed by atoms with Gasteiger partial charge in [0.25, 0.3) is 5.91 Å². The molecule has 0 saturated carbocycles. The number of hydrogen-bond donors (Lipinski definition) is 3. The second kappa shape index (κ2) is 6.62. The smallest absolute Gasteiger partial charge is 0.337 e. The van der Waals surface area contributed by atoms with Crippen molar-refractivity contribution in [1.29, 1.82) is 0 Å². The minimum absolute atomic E-state index is 0.0148. The first kappa shape index (κ1) is 15.4. The van der Waals surface area contributed by atoms with Gasteiger partial charge in [-0.2, -0.15) is 0 Å². The van der Waals surface area contributed by atoms with Gasteiger partial charge in [-0.15, -0.1) is 0 Å². The first-order valence-corrected chi connectivity index (χ1v) is 6.56.